The molecular formula is C14H11BrClNO2. The van der Waals surface area contributed by atoms with Crippen molar-refractivity contribution in [3.05, 3.63) is 58.6 Å². The van der Waals surface area contributed by atoms with Crippen LogP contribution in [-0.2, 0) is 5.33 Å². The molecule has 5 heteroatoms. The van der Waals surface area contributed by atoms with Crippen LogP contribution in [0.4, 0.5) is 5.69 Å². The number of nitrogens with one attached hydrogen (secondary N) is 1. The van der Waals surface area contributed by atoms with Crippen molar-refractivity contribution in [3.63, 3.8) is 0 Å². The highest BCUT2D eigenvalue weighted by atomic mass is 79.9. The lowest BCUT2D eigenvalue weighted by Gasteiger charge is -2.07. The summed E-state index contributed by atoms with van der Waals surface area (Å²) in [4.78, 5) is 12.0. The average Bonchev–Trinajstić information content (AvgIpc) is 2.42. The molecule has 1 amide bonds. The predicted octanol–water partition coefficient (Wildman–Crippen LogP) is 4.19. The molecule has 2 aromatic carbocycles. The van der Waals surface area contributed by atoms with Crippen molar-refractivity contribution < 1.29 is 9.90 Å². The maximum atomic E-state index is 12.0. The van der Waals surface area contributed by atoms with Crippen molar-refractivity contribution in [2.75, 3.05) is 5.32 Å². The second-order valence-electron chi connectivity index (χ2n) is 3.95. The van der Waals surface area contributed by atoms with Gasteiger partial charge in [-0.1, -0.05) is 39.7 Å². The number of carbonyl (C=O) groups excluding carboxylic acids is 1. The Morgan fingerprint density at radius 3 is 2.74 bits per heavy atom. The van der Waals surface area contributed by atoms with Gasteiger partial charge in [-0.15, -0.1) is 0 Å². The first-order chi connectivity index (χ1) is 9.10. The predicted molar refractivity (Wildman–Crippen MR) is 80.1 cm³/mol. The summed E-state index contributed by atoms with van der Waals surface area (Å²) in [5.74, 6) is -0.312. The van der Waals surface area contributed by atoms with E-state index in [1.54, 1.807) is 0 Å². The molecular weight excluding hydrogens is 330 g/mol. The van der Waals surface area contributed by atoms with Gasteiger partial charge in [-0.3, -0.25) is 4.79 Å². The molecule has 0 bridgehead atoms. The topological polar surface area (TPSA) is 49.3 Å². The Bertz CT molecular complexity index is 616. The van der Waals surface area contributed by atoms with Crippen molar-refractivity contribution >= 4 is 39.1 Å². The number of hydrogen-bond donors (Lipinski definition) is 2. The second kappa shape index (κ2) is 6.08. The van der Waals surface area contributed by atoms with Crippen LogP contribution in [0.1, 0.15) is 15.9 Å². The fourth-order valence-corrected chi connectivity index (χ4v) is 2.11. The van der Waals surface area contributed by atoms with Crippen LogP contribution in [0.2, 0.25) is 5.02 Å². The number of phenolic OH excluding ortho intramolecular Hbond substituents is 1. The fourth-order valence-electron chi connectivity index (χ4n) is 1.58. The summed E-state index contributed by atoms with van der Waals surface area (Å²) in [5, 5.41) is 13.0. The van der Waals surface area contributed by atoms with Gasteiger partial charge in [-0.05, 0) is 35.9 Å². The number of phenols is 1. The van der Waals surface area contributed by atoms with Crippen LogP contribution in [0.25, 0.3) is 0 Å². The summed E-state index contributed by atoms with van der Waals surface area (Å²) in [5.41, 5.74) is 2.18. The van der Waals surface area contributed by atoms with Crippen LogP contribution in [0.5, 0.6) is 5.75 Å². The third kappa shape index (κ3) is 3.49. The average molecular weight is 341 g/mol. The molecule has 0 fully saturated rings. The van der Waals surface area contributed by atoms with E-state index in [1.807, 2.05) is 24.3 Å². The van der Waals surface area contributed by atoms with E-state index in [-0.39, 0.29) is 16.7 Å². The summed E-state index contributed by atoms with van der Waals surface area (Å²) in [6.45, 7) is 0. The van der Waals surface area contributed by atoms with Gasteiger partial charge >= 0.3 is 0 Å². The molecule has 0 saturated carbocycles. The lowest BCUT2D eigenvalue weighted by Crippen LogP contribution is -2.11. The highest BCUT2D eigenvalue weighted by Gasteiger charge is 2.08. The summed E-state index contributed by atoms with van der Waals surface area (Å²) in [6.07, 6.45) is 0. The standard InChI is InChI=1S/C14H11BrClNO2/c15-8-9-2-1-3-11(6-9)17-14(19)10-4-5-13(18)12(16)7-10/h1-7,18H,8H2,(H,17,19). The number of halogens is 2. The van der Waals surface area contributed by atoms with Crippen LogP contribution in [-0.4, -0.2) is 11.0 Å². The highest BCUT2D eigenvalue weighted by Crippen LogP contribution is 2.24. The van der Waals surface area contributed by atoms with Crippen molar-refractivity contribution in [1.82, 2.24) is 0 Å². The number of hydrogen-bond acceptors (Lipinski definition) is 2. The number of anilines is 1. The van der Waals surface area contributed by atoms with Crippen LogP contribution >= 0.6 is 27.5 Å². The molecule has 0 atom stereocenters. The van der Waals surface area contributed by atoms with Gasteiger partial charge in [0.2, 0.25) is 0 Å². The molecule has 0 radical (unpaired) electrons. The third-order valence-electron chi connectivity index (χ3n) is 2.55. The number of aromatic hydroxyl groups is 1. The highest BCUT2D eigenvalue weighted by molar-refractivity contribution is 9.08. The molecule has 19 heavy (non-hydrogen) atoms. The van der Waals surface area contributed by atoms with E-state index in [1.165, 1.54) is 18.2 Å². The van der Waals surface area contributed by atoms with Gasteiger partial charge in [-0.2, -0.15) is 0 Å². The summed E-state index contributed by atoms with van der Waals surface area (Å²) in [7, 11) is 0. The quantitative estimate of drug-likeness (QED) is 0.823. The Morgan fingerprint density at radius 2 is 2.05 bits per heavy atom. The van der Waals surface area contributed by atoms with Gasteiger partial charge in [0, 0.05) is 16.6 Å². The Balaban J connectivity index is 2.18. The maximum Gasteiger partial charge on any atom is 0.255 e. The molecule has 0 aliphatic heterocycles. The number of amides is 1. The number of rotatable bonds is 3. The van der Waals surface area contributed by atoms with E-state index in [9.17, 15) is 9.90 Å². The van der Waals surface area contributed by atoms with Gasteiger partial charge in [0.25, 0.3) is 5.91 Å². The first-order valence-corrected chi connectivity index (χ1v) is 7.05. The molecule has 2 aromatic rings. The first kappa shape index (κ1) is 13.9. The van der Waals surface area contributed by atoms with Crippen molar-refractivity contribution in [2.45, 2.75) is 5.33 Å². The molecule has 0 aromatic heterocycles. The minimum Gasteiger partial charge on any atom is -0.506 e. The van der Waals surface area contributed by atoms with E-state index in [4.69, 9.17) is 11.6 Å². The van der Waals surface area contributed by atoms with E-state index in [0.29, 0.717) is 11.3 Å². The van der Waals surface area contributed by atoms with Gasteiger partial charge in [0.15, 0.2) is 0 Å². The van der Waals surface area contributed by atoms with E-state index in [0.717, 1.165) is 10.9 Å². The Hall–Kier alpha value is -1.52. The normalized spacial score (nSPS) is 10.2. The molecule has 0 spiro atoms. The van der Waals surface area contributed by atoms with Crippen LogP contribution in [0.3, 0.4) is 0 Å². The maximum absolute atomic E-state index is 12.0. The summed E-state index contributed by atoms with van der Waals surface area (Å²) >= 11 is 9.13. The van der Waals surface area contributed by atoms with Gasteiger partial charge in [-0.25, -0.2) is 0 Å². The zero-order valence-electron chi connectivity index (χ0n) is 9.86. The molecule has 0 aliphatic rings. The van der Waals surface area contributed by atoms with Crippen molar-refractivity contribution in [3.8, 4) is 5.75 Å². The Morgan fingerprint density at radius 1 is 1.26 bits per heavy atom. The molecule has 0 saturated heterocycles. The first-order valence-electron chi connectivity index (χ1n) is 5.55. The SMILES string of the molecule is O=C(Nc1cccc(CBr)c1)c1ccc(O)c(Cl)c1. The fraction of sp³-hybridized carbons (Fsp3) is 0.0714. The van der Waals surface area contributed by atoms with Gasteiger partial charge < -0.3 is 10.4 Å². The molecule has 0 unspecified atom stereocenters. The molecule has 2 N–H and O–H groups in total. The summed E-state index contributed by atoms with van der Waals surface area (Å²) < 4.78 is 0. The van der Waals surface area contributed by atoms with Crippen LogP contribution in [0, 0.1) is 0 Å². The molecule has 2 rings (SSSR count). The van der Waals surface area contributed by atoms with E-state index < -0.39 is 0 Å². The Kier molecular flexibility index (Phi) is 4.45. The zero-order chi connectivity index (χ0) is 13.8. The zero-order valence-corrected chi connectivity index (χ0v) is 12.2. The van der Waals surface area contributed by atoms with Crippen LogP contribution < -0.4 is 5.32 Å². The monoisotopic (exact) mass is 339 g/mol. The minimum absolute atomic E-state index is 0.0421. The molecule has 98 valence electrons. The lowest BCUT2D eigenvalue weighted by molar-refractivity contribution is 0.102. The van der Waals surface area contributed by atoms with Gasteiger partial charge in [0.05, 0.1) is 5.02 Å². The molecule has 0 heterocycles. The molecule has 3 nitrogen and oxygen atoms in total. The van der Waals surface area contributed by atoms with Gasteiger partial charge in [0.1, 0.15) is 5.75 Å². The van der Waals surface area contributed by atoms with Crippen LogP contribution in [0.15, 0.2) is 42.5 Å². The van der Waals surface area contributed by atoms with E-state index in [2.05, 4.69) is 21.2 Å². The molecule has 0 aliphatic carbocycles. The number of carbonyl (C=O) groups is 1. The smallest absolute Gasteiger partial charge is 0.255 e. The van der Waals surface area contributed by atoms with Crippen molar-refractivity contribution in [2.24, 2.45) is 0 Å². The number of benzene rings is 2. The van der Waals surface area contributed by atoms with Crippen molar-refractivity contribution in [1.29, 1.82) is 0 Å². The largest absolute Gasteiger partial charge is 0.506 e. The lowest BCUT2D eigenvalue weighted by atomic mass is 10.2. The van der Waals surface area contributed by atoms with E-state index >= 15 is 0 Å². The third-order valence-corrected chi connectivity index (χ3v) is 3.50. The number of alkyl halides is 1. The summed E-state index contributed by atoms with van der Waals surface area (Å²) in [6, 6.07) is 11.9. The minimum atomic E-state index is -0.270. The second-order valence-corrected chi connectivity index (χ2v) is 4.92. The Labute approximate surface area is 124 Å².